The summed E-state index contributed by atoms with van der Waals surface area (Å²) in [6.07, 6.45) is 3.74. The molecular formula is C15H14N2S. The Kier molecular flexibility index (Phi) is 2.99. The maximum absolute atomic E-state index is 4.15. The van der Waals surface area contributed by atoms with Crippen molar-refractivity contribution >= 4 is 27.8 Å². The van der Waals surface area contributed by atoms with Gasteiger partial charge in [-0.15, -0.1) is 11.3 Å². The maximum Gasteiger partial charge on any atom is 0.0497 e. The molecule has 0 unspecified atom stereocenters. The highest BCUT2D eigenvalue weighted by Crippen LogP contribution is 2.24. The van der Waals surface area contributed by atoms with Gasteiger partial charge >= 0.3 is 0 Å². The van der Waals surface area contributed by atoms with Crippen molar-refractivity contribution in [2.24, 2.45) is 0 Å². The van der Waals surface area contributed by atoms with E-state index in [0.29, 0.717) is 0 Å². The van der Waals surface area contributed by atoms with Crippen molar-refractivity contribution in [2.75, 3.05) is 5.32 Å². The highest BCUT2D eigenvalue weighted by atomic mass is 32.1. The van der Waals surface area contributed by atoms with E-state index in [4.69, 9.17) is 0 Å². The minimum absolute atomic E-state index is 0.880. The van der Waals surface area contributed by atoms with Gasteiger partial charge in [-0.05, 0) is 36.1 Å². The number of nitrogens with zero attached hydrogens (tertiary/aromatic N) is 1. The molecule has 1 N–H and O–H groups in total. The van der Waals surface area contributed by atoms with E-state index in [1.807, 2.05) is 12.4 Å². The normalized spacial score (nSPS) is 10.7. The van der Waals surface area contributed by atoms with Gasteiger partial charge < -0.3 is 5.32 Å². The number of benzene rings is 1. The van der Waals surface area contributed by atoms with Crippen LogP contribution >= 0.6 is 11.3 Å². The minimum Gasteiger partial charge on any atom is -0.380 e. The molecule has 3 rings (SSSR count). The third-order valence-electron chi connectivity index (χ3n) is 3.09. The smallest absolute Gasteiger partial charge is 0.0497 e. The summed E-state index contributed by atoms with van der Waals surface area (Å²) in [6.45, 7) is 3.03. The van der Waals surface area contributed by atoms with Gasteiger partial charge in [0.05, 0.1) is 0 Å². The molecule has 18 heavy (non-hydrogen) atoms. The Bertz CT molecular complexity index is 668. The van der Waals surface area contributed by atoms with E-state index in [1.54, 1.807) is 11.3 Å². The lowest BCUT2D eigenvalue weighted by Crippen LogP contribution is -1.99. The second-order valence-corrected chi connectivity index (χ2v) is 5.28. The Morgan fingerprint density at radius 3 is 3.00 bits per heavy atom. The zero-order valence-electron chi connectivity index (χ0n) is 10.2. The molecule has 2 heterocycles. The third-order valence-corrected chi connectivity index (χ3v) is 4.11. The van der Waals surface area contributed by atoms with E-state index in [0.717, 1.165) is 6.54 Å². The van der Waals surface area contributed by atoms with Gasteiger partial charge in [0.2, 0.25) is 0 Å². The highest BCUT2D eigenvalue weighted by Gasteiger charge is 2.02. The summed E-state index contributed by atoms with van der Waals surface area (Å²) in [5.41, 5.74) is 2.53. The lowest BCUT2D eigenvalue weighted by molar-refractivity contribution is 1.17. The largest absolute Gasteiger partial charge is 0.380 e. The summed E-state index contributed by atoms with van der Waals surface area (Å²) in [5, 5.41) is 8.05. The molecule has 0 atom stereocenters. The monoisotopic (exact) mass is 254 g/mol. The molecule has 0 aliphatic heterocycles. The molecule has 0 saturated carbocycles. The molecule has 0 spiro atoms. The van der Waals surface area contributed by atoms with Crippen LogP contribution in [0.2, 0.25) is 0 Å². The van der Waals surface area contributed by atoms with Crippen LogP contribution in [0.1, 0.15) is 10.4 Å². The average molecular weight is 254 g/mol. The van der Waals surface area contributed by atoms with Gasteiger partial charge in [0, 0.05) is 40.3 Å². The number of hydrogen-bond acceptors (Lipinski definition) is 3. The molecule has 0 amide bonds. The summed E-state index contributed by atoms with van der Waals surface area (Å²) in [5.74, 6) is 0. The van der Waals surface area contributed by atoms with E-state index in [1.165, 1.54) is 26.9 Å². The van der Waals surface area contributed by atoms with Gasteiger partial charge in [-0.1, -0.05) is 12.1 Å². The van der Waals surface area contributed by atoms with Gasteiger partial charge in [0.1, 0.15) is 0 Å². The lowest BCUT2D eigenvalue weighted by atomic mass is 10.1. The molecule has 0 aliphatic carbocycles. The molecule has 90 valence electrons. The molecule has 0 saturated heterocycles. The topological polar surface area (TPSA) is 24.9 Å². The number of hydrogen-bond donors (Lipinski definition) is 1. The molecule has 0 fully saturated rings. The first-order valence-electron chi connectivity index (χ1n) is 5.94. The van der Waals surface area contributed by atoms with Gasteiger partial charge in [-0.3, -0.25) is 4.98 Å². The Balaban J connectivity index is 1.89. The van der Waals surface area contributed by atoms with E-state index < -0.39 is 0 Å². The molecule has 2 aromatic heterocycles. The molecule has 0 aliphatic rings. The van der Waals surface area contributed by atoms with Gasteiger partial charge in [0.15, 0.2) is 0 Å². The number of anilines is 1. The van der Waals surface area contributed by atoms with Crippen molar-refractivity contribution in [3.63, 3.8) is 0 Å². The van der Waals surface area contributed by atoms with E-state index >= 15 is 0 Å². The second kappa shape index (κ2) is 4.78. The van der Waals surface area contributed by atoms with Crippen molar-refractivity contribution in [2.45, 2.75) is 13.5 Å². The van der Waals surface area contributed by atoms with Gasteiger partial charge in [-0.25, -0.2) is 0 Å². The van der Waals surface area contributed by atoms with Crippen LogP contribution in [0.5, 0.6) is 0 Å². The fourth-order valence-electron chi connectivity index (χ4n) is 2.04. The van der Waals surface area contributed by atoms with E-state index in [9.17, 15) is 0 Å². The van der Waals surface area contributed by atoms with Crippen molar-refractivity contribution in [1.82, 2.24) is 4.98 Å². The predicted molar refractivity (Wildman–Crippen MR) is 78.1 cm³/mol. The van der Waals surface area contributed by atoms with Crippen LogP contribution in [0.4, 0.5) is 5.69 Å². The SMILES string of the molecule is Cc1ccsc1CNc1cccc2cnccc12. The fraction of sp³-hybridized carbons (Fsp3) is 0.133. The Morgan fingerprint density at radius 2 is 2.17 bits per heavy atom. The summed E-state index contributed by atoms with van der Waals surface area (Å²) >= 11 is 1.80. The Hall–Kier alpha value is -1.87. The first-order valence-corrected chi connectivity index (χ1v) is 6.82. The van der Waals surface area contributed by atoms with E-state index in [-0.39, 0.29) is 0 Å². The van der Waals surface area contributed by atoms with Crippen LogP contribution in [0.3, 0.4) is 0 Å². The summed E-state index contributed by atoms with van der Waals surface area (Å²) < 4.78 is 0. The lowest BCUT2D eigenvalue weighted by Gasteiger charge is -2.09. The Morgan fingerprint density at radius 1 is 1.22 bits per heavy atom. The zero-order valence-corrected chi connectivity index (χ0v) is 11.0. The number of aromatic nitrogens is 1. The minimum atomic E-state index is 0.880. The van der Waals surface area contributed by atoms with Crippen molar-refractivity contribution in [3.05, 3.63) is 58.5 Å². The molecule has 2 nitrogen and oxygen atoms in total. The quantitative estimate of drug-likeness (QED) is 0.757. The van der Waals surface area contributed by atoms with Crippen LogP contribution in [0.25, 0.3) is 10.8 Å². The van der Waals surface area contributed by atoms with Crippen molar-refractivity contribution in [1.29, 1.82) is 0 Å². The summed E-state index contributed by atoms with van der Waals surface area (Å²) in [4.78, 5) is 5.54. The standard InChI is InChI=1S/C15H14N2S/c1-11-6-8-18-15(11)10-17-14-4-2-3-12-9-16-7-5-13(12)14/h2-9,17H,10H2,1H3. The summed E-state index contributed by atoms with van der Waals surface area (Å²) in [7, 11) is 0. The molecule has 0 radical (unpaired) electrons. The number of nitrogens with one attached hydrogen (secondary N) is 1. The van der Waals surface area contributed by atoms with Crippen LogP contribution in [0, 0.1) is 6.92 Å². The zero-order chi connectivity index (χ0) is 12.4. The average Bonchev–Trinajstić information content (AvgIpc) is 2.82. The number of rotatable bonds is 3. The molecule has 1 aromatic carbocycles. The molecular weight excluding hydrogens is 240 g/mol. The van der Waals surface area contributed by atoms with Crippen LogP contribution in [0.15, 0.2) is 48.1 Å². The van der Waals surface area contributed by atoms with Crippen molar-refractivity contribution < 1.29 is 0 Å². The number of thiophene rings is 1. The molecule has 3 aromatic rings. The predicted octanol–water partition coefficient (Wildman–Crippen LogP) is 4.22. The Labute approximate surface area is 110 Å². The fourth-order valence-corrected chi connectivity index (χ4v) is 2.88. The highest BCUT2D eigenvalue weighted by molar-refractivity contribution is 7.10. The summed E-state index contributed by atoms with van der Waals surface area (Å²) in [6, 6.07) is 10.5. The van der Waals surface area contributed by atoms with Crippen LogP contribution in [-0.4, -0.2) is 4.98 Å². The van der Waals surface area contributed by atoms with Crippen LogP contribution < -0.4 is 5.32 Å². The molecule has 3 heteroatoms. The third kappa shape index (κ3) is 2.09. The maximum atomic E-state index is 4.15. The van der Waals surface area contributed by atoms with Crippen LogP contribution in [-0.2, 0) is 6.54 Å². The number of fused-ring (bicyclic) bond motifs is 1. The first kappa shape index (κ1) is 11.2. The van der Waals surface area contributed by atoms with Crippen molar-refractivity contribution in [3.8, 4) is 0 Å². The number of pyridine rings is 1. The number of aryl methyl sites for hydroxylation is 1. The molecule has 0 bridgehead atoms. The second-order valence-electron chi connectivity index (χ2n) is 4.28. The first-order chi connectivity index (χ1) is 8.84. The van der Waals surface area contributed by atoms with E-state index in [2.05, 4.69) is 52.9 Å². The van der Waals surface area contributed by atoms with Gasteiger partial charge in [0.25, 0.3) is 0 Å². The van der Waals surface area contributed by atoms with Gasteiger partial charge in [-0.2, -0.15) is 0 Å².